The van der Waals surface area contributed by atoms with Crippen LogP contribution in [0.1, 0.15) is 17.5 Å². The van der Waals surface area contributed by atoms with Crippen molar-refractivity contribution in [1.82, 2.24) is 9.29 Å². The van der Waals surface area contributed by atoms with Gasteiger partial charge in [-0.2, -0.15) is 9.57 Å². The molecule has 0 amide bonds. The van der Waals surface area contributed by atoms with Crippen LogP contribution >= 0.6 is 0 Å². The van der Waals surface area contributed by atoms with Crippen molar-refractivity contribution >= 4 is 10.0 Å². The molecular weight excluding hydrogens is 326 g/mol. The summed E-state index contributed by atoms with van der Waals surface area (Å²) >= 11 is 0. The van der Waals surface area contributed by atoms with Gasteiger partial charge >= 0.3 is 0 Å². The molecule has 1 aromatic heterocycles. The smallest absolute Gasteiger partial charge is 0.218 e. The third-order valence-electron chi connectivity index (χ3n) is 3.84. The Balaban J connectivity index is 1.64. The molecule has 124 valence electrons. The molecule has 0 aliphatic carbocycles. The Labute approximate surface area is 141 Å². The lowest BCUT2D eigenvalue weighted by molar-refractivity contribution is 0.214. The Bertz CT molecular complexity index is 847. The van der Waals surface area contributed by atoms with E-state index < -0.39 is 10.0 Å². The van der Waals surface area contributed by atoms with Crippen LogP contribution in [0.5, 0.6) is 5.75 Å². The second kappa shape index (κ2) is 6.99. The third-order valence-corrected chi connectivity index (χ3v) is 5.66. The molecule has 1 atom stereocenters. The van der Waals surface area contributed by atoms with Crippen molar-refractivity contribution in [1.29, 1.82) is 5.26 Å². The van der Waals surface area contributed by atoms with Crippen molar-refractivity contribution < 1.29 is 13.2 Å². The Kier molecular flexibility index (Phi) is 4.79. The Morgan fingerprint density at radius 2 is 2.21 bits per heavy atom. The number of aromatic nitrogens is 1. The van der Waals surface area contributed by atoms with Gasteiger partial charge in [0.05, 0.1) is 30.1 Å². The lowest BCUT2D eigenvalue weighted by Gasteiger charge is -2.17. The average molecular weight is 343 g/mol. The second-order valence-corrected chi connectivity index (χ2v) is 7.61. The van der Waals surface area contributed by atoms with E-state index >= 15 is 0 Å². The van der Waals surface area contributed by atoms with E-state index in [1.165, 1.54) is 4.31 Å². The van der Waals surface area contributed by atoms with Gasteiger partial charge < -0.3 is 4.74 Å². The van der Waals surface area contributed by atoms with E-state index in [4.69, 9.17) is 10.00 Å². The van der Waals surface area contributed by atoms with Gasteiger partial charge in [0.1, 0.15) is 11.9 Å². The van der Waals surface area contributed by atoms with Crippen molar-refractivity contribution in [3.63, 3.8) is 0 Å². The molecule has 1 aromatic carbocycles. The number of nitrogens with zero attached hydrogens (tertiary/aromatic N) is 3. The van der Waals surface area contributed by atoms with Crippen molar-refractivity contribution in [2.45, 2.75) is 18.3 Å². The predicted molar refractivity (Wildman–Crippen MR) is 88.6 cm³/mol. The number of benzene rings is 1. The van der Waals surface area contributed by atoms with Gasteiger partial charge in [0.2, 0.25) is 10.0 Å². The van der Waals surface area contributed by atoms with E-state index in [1.807, 2.05) is 6.07 Å². The SMILES string of the molecule is N#Cc1cccc(CS(=O)(=O)N2CC[C@@H](Oc3cccnc3)C2)c1. The van der Waals surface area contributed by atoms with Crippen LogP contribution in [-0.4, -0.2) is 36.9 Å². The largest absolute Gasteiger partial charge is 0.487 e. The molecule has 1 fully saturated rings. The first kappa shape index (κ1) is 16.4. The van der Waals surface area contributed by atoms with Crippen molar-refractivity contribution in [2.75, 3.05) is 13.1 Å². The Hall–Kier alpha value is -2.43. The van der Waals surface area contributed by atoms with Crippen LogP contribution in [-0.2, 0) is 15.8 Å². The summed E-state index contributed by atoms with van der Waals surface area (Å²) in [5.74, 6) is 0.533. The summed E-state index contributed by atoms with van der Waals surface area (Å²) in [7, 11) is -3.43. The lowest BCUT2D eigenvalue weighted by atomic mass is 10.2. The summed E-state index contributed by atoms with van der Waals surface area (Å²) in [6.07, 6.45) is 3.75. The maximum atomic E-state index is 12.6. The highest BCUT2D eigenvalue weighted by atomic mass is 32.2. The van der Waals surface area contributed by atoms with Crippen LogP contribution in [0.2, 0.25) is 0 Å². The molecule has 0 saturated carbocycles. The summed E-state index contributed by atoms with van der Waals surface area (Å²) in [5, 5.41) is 8.92. The highest BCUT2D eigenvalue weighted by Gasteiger charge is 2.32. The molecule has 2 heterocycles. The lowest BCUT2D eigenvalue weighted by Crippen LogP contribution is -2.32. The van der Waals surface area contributed by atoms with Crippen LogP contribution in [0.4, 0.5) is 0 Å². The van der Waals surface area contributed by atoms with Gasteiger partial charge in [-0.1, -0.05) is 12.1 Å². The number of rotatable bonds is 5. The topological polar surface area (TPSA) is 83.3 Å². The molecule has 0 N–H and O–H groups in total. The Morgan fingerprint density at radius 3 is 2.96 bits per heavy atom. The first-order chi connectivity index (χ1) is 11.6. The first-order valence-electron chi connectivity index (χ1n) is 7.60. The van der Waals surface area contributed by atoms with Crippen LogP contribution in [0, 0.1) is 11.3 Å². The van der Waals surface area contributed by atoms with Gasteiger partial charge in [0.25, 0.3) is 0 Å². The van der Waals surface area contributed by atoms with E-state index in [9.17, 15) is 8.42 Å². The monoisotopic (exact) mass is 343 g/mol. The molecule has 0 bridgehead atoms. The van der Waals surface area contributed by atoms with Gasteiger partial charge in [-0.25, -0.2) is 8.42 Å². The maximum Gasteiger partial charge on any atom is 0.218 e. The van der Waals surface area contributed by atoms with E-state index in [1.54, 1.807) is 48.8 Å². The summed E-state index contributed by atoms with van der Waals surface area (Å²) in [6, 6.07) is 12.3. The van der Waals surface area contributed by atoms with Gasteiger partial charge in [0.15, 0.2) is 0 Å². The van der Waals surface area contributed by atoms with Crippen LogP contribution in [0.25, 0.3) is 0 Å². The predicted octanol–water partition coefficient (Wildman–Crippen LogP) is 1.94. The molecule has 7 heteroatoms. The van der Waals surface area contributed by atoms with Crippen molar-refractivity contribution in [3.8, 4) is 11.8 Å². The zero-order valence-corrected chi connectivity index (χ0v) is 13.8. The summed E-state index contributed by atoms with van der Waals surface area (Å²) in [5.41, 5.74) is 1.08. The number of pyridine rings is 1. The molecule has 0 spiro atoms. The molecule has 3 rings (SSSR count). The fraction of sp³-hybridized carbons (Fsp3) is 0.294. The fourth-order valence-corrected chi connectivity index (χ4v) is 4.25. The molecule has 0 radical (unpaired) electrons. The first-order valence-corrected chi connectivity index (χ1v) is 9.21. The Morgan fingerprint density at radius 1 is 1.33 bits per heavy atom. The molecule has 24 heavy (non-hydrogen) atoms. The number of hydrogen-bond donors (Lipinski definition) is 0. The molecule has 6 nitrogen and oxygen atoms in total. The number of ether oxygens (including phenoxy) is 1. The fourth-order valence-electron chi connectivity index (χ4n) is 2.69. The van der Waals surface area contributed by atoms with Crippen molar-refractivity contribution in [2.24, 2.45) is 0 Å². The van der Waals surface area contributed by atoms with E-state index in [2.05, 4.69) is 4.98 Å². The van der Waals surface area contributed by atoms with Crippen LogP contribution in [0.15, 0.2) is 48.8 Å². The second-order valence-electron chi connectivity index (χ2n) is 5.64. The summed E-state index contributed by atoms with van der Waals surface area (Å²) in [6.45, 7) is 0.764. The summed E-state index contributed by atoms with van der Waals surface area (Å²) in [4.78, 5) is 3.98. The molecule has 2 aromatic rings. The number of nitriles is 1. The third kappa shape index (κ3) is 3.91. The molecular formula is C17H17N3O3S. The van der Waals surface area contributed by atoms with Gasteiger partial charge in [0, 0.05) is 12.7 Å². The van der Waals surface area contributed by atoms with E-state index in [0.29, 0.717) is 36.4 Å². The molecule has 1 aliphatic heterocycles. The highest BCUT2D eigenvalue weighted by Crippen LogP contribution is 2.22. The number of hydrogen-bond acceptors (Lipinski definition) is 5. The molecule has 0 unspecified atom stereocenters. The van der Waals surface area contributed by atoms with Gasteiger partial charge in [-0.05, 0) is 36.2 Å². The number of sulfonamides is 1. The molecule has 1 saturated heterocycles. The van der Waals surface area contributed by atoms with Crippen molar-refractivity contribution in [3.05, 3.63) is 59.9 Å². The van der Waals surface area contributed by atoms with E-state index in [0.717, 1.165) is 0 Å². The van der Waals surface area contributed by atoms with Gasteiger partial charge in [-0.15, -0.1) is 0 Å². The van der Waals surface area contributed by atoms with Crippen LogP contribution in [0.3, 0.4) is 0 Å². The zero-order valence-electron chi connectivity index (χ0n) is 13.0. The minimum atomic E-state index is -3.43. The standard InChI is InChI=1S/C17H17N3O3S/c18-10-14-3-1-4-15(9-14)13-24(21,22)20-8-6-17(12-20)23-16-5-2-7-19-11-16/h1-5,7,9,11,17H,6,8,12-13H2/t17-/m1/s1. The quantitative estimate of drug-likeness (QED) is 0.828. The molecule has 1 aliphatic rings. The normalized spacial score (nSPS) is 18.2. The van der Waals surface area contributed by atoms with Gasteiger partial charge in [-0.3, -0.25) is 4.98 Å². The maximum absolute atomic E-state index is 12.6. The summed E-state index contributed by atoms with van der Waals surface area (Å²) < 4.78 is 32.4. The van der Waals surface area contributed by atoms with E-state index in [-0.39, 0.29) is 11.9 Å². The van der Waals surface area contributed by atoms with Crippen LogP contribution < -0.4 is 4.74 Å². The zero-order chi connectivity index (χ0) is 17.0. The minimum absolute atomic E-state index is 0.109. The minimum Gasteiger partial charge on any atom is -0.487 e. The highest BCUT2D eigenvalue weighted by molar-refractivity contribution is 7.88. The average Bonchev–Trinajstić information content (AvgIpc) is 3.05.